The molecule has 0 aliphatic carbocycles. The lowest BCUT2D eigenvalue weighted by Crippen LogP contribution is -3.15. The fraction of sp³-hybridized carbons (Fsp3) is 0.571. The van der Waals surface area contributed by atoms with Crippen LogP contribution >= 0.6 is 0 Å². The van der Waals surface area contributed by atoms with Crippen LogP contribution in [0, 0.1) is 0 Å². The number of hydrogen-bond acceptors (Lipinski definition) is 1. The van der Waals surface area contributed by atoms with E-state index in [-0.39, 0.29) is 5.91 Å². The Balaban J connectivity index is 1.69. The van der Waals surface area contributed by atoms with Crippen LogP contribution in [-0.2, 0) is 4.79 Å². The Morgan fingerprint density at radius 1 is 1.21 bits per heavy atom. The molecule has 1 aromatic carbocycles. The molecule has 2 aliphatic heterocycles. The zero-order valence-electron chi connectivity index (χ0n) is 15.1. The highest BCUT2D eigenvalue weighted by molar-refractivity contribution is 5.92. The Hall–Kier alpha value is -1.61. The van der Waals surface area contributed by atoms with Gasteiger partial charge in [0, 0.05) is 44.3 Å². The van der Waals surface area contributed by atoms with Gasteiger partial charge in [-0.15, -0.1) is 0 Å². The van der Waals surface area contributed by atoms with Gasteiger partial charge in [0.1, 0.15) is 0 Å². The molecule has 0 saturated carbocycles. The van der Waals surface area contributed by atoms with E-state index in [2.05, 4.69) is 18.9 Å². The van der Waals surface area contributed by atoms with Crippen LogP contribution in [0.4, 0.5) is 0 Å². The third-order valence-electron chi connectivity index (χ3n) is 5.96. The van der Waals surface area contributed by atoms with Gasteiger partial charge in [0.05, 0.1) is 19.1 Å². The van der Waals surface area contributed by atoms with Gasteiger partial charge in [-0.1, -0.05) is 43.7 Å². The summed E-state index contributed by atoms with van der Waals surface area (Å²) in [7, 11) is 2.34. The number of fused-ring (bicyclic) bond motifs is 2. The highest BCUT2D eigenvalue weighted by Crippen LogP contribution is 2.26. The van der Waals surface area contributed by atoms with Gasteiger partial charge in [-0.3, -0.25) is 4.79 Å². The fourth-order valence-electron chi connectivity index (χ4n) is 4.43. The van der Waals surface area contributed by atoms with Gasteiger partial charge in [0.2, 0.25) is 5.91 Å². The summed E-state index contributed by atoms with van der Waals surface area (Å²) in [5, 5.41) is 0. The first-order valence-electron chi connectivity index (χ1n) is 9.56. The van der Waals surface area contributed by atoms with Crippen molar-refractivity contribution in [3.63, 3.8) is 0 Å². The molecule has 3 rings (SSSR count). The van der Waals surface area contributed by atoms with Crippen LogP contribution in [0.3, 0.4) is 0 Å². The molecule has 2 bridgehead atoms. The Labute approximate surface area is 146 Å². The number of amides is 1. The molecule has 0 radical (unpaired) electrons. The maximum absolute atomic E-state index is 12.9. The molecule has 130 valence electrons. The van der Waals surface area contributed by atoms with Crippen molar-refractivity contribution in [3.05, 3.63) is 42.0 Å². The van der Waals surface area contributed by atoms with E-state index in [1.807, 2.05) is 36.4 Å². The number of nitrogens with one attached hydrogen (secondary N) is 1. The zero-order valence-corrected chi connectivity index (χ0v) is 15.1. The van der Waals surface area contributed by atoms with Crippen molar-refractivity contribution in [2.45, 2.75) is 63.6 Å². The molecule has 24 heavy (non-hydrogen) atoms. The summed E-state index contributed by atoms with van der Waals surface area (Å²) in [6.07, 6.45) is 11.0. The van der Waals surface area contributed by atoms with Gasteiger partial charge in [0.15, 0.2) is 0 Å². The number of piperidine rings is 1. The first-order chi connectivity index (χ1) is 11.7. The van der Waals surface area contributed by atoms with Gasteiger partial charge in [-0.05, 0) is 18.1 Å². The summed E-state index contributed by atoms with van der Waals surface area (Å²) in [6, 6.07) is 12.0. The van der Waals surface area contributed by atoms with Crippen LogP contribution in [0.15, 0.2) is 36.4 Å². The minimum atomic E-state index is 0.191. The third kappa shape index (κ3) is 3.89. The number of carbonyl (C=O) groups excluding carboxylic acids is 1. The van der Waals surface area contributed by atoms with E-state index in [1.165, 1.54) is 25.7 Å². The number of quaternary nitrogens is 1. The summed E-state index contributed by atoms with van der Waals surface area (Å²) >= 11 is 0. The van der Waals surface area contributed by atoms with Crippen LogP contribution < -0.4 is 4.90 Å². The topological polar surface area (TPSA) is 24.8 Å². The summed E-state index contributed by atoms with van der Waals surface area (Å²) in [4.78, 5) is 16.7. The SMILES string of the molecule is CCCCN(C(=O)/C=C/c1ccccc1)C1C[C@H]2CC[C@@H](C1)[NH+]2C. The lowest BCUT2D eigenvalue weighted by atomic mass is 9.96. The predicted molar refractivity (Wildman–Crippen MR) is 98.8 cm³/mol. The highest BCUT2D eigenvalue weighted by Gasteiger charge is 2.44. The maximum Gasteiger partial charge on any atom is 0.246 e. The molecule has 3 heteroatoms. The van der Waals surface area contributed by atoms with Crippen LogP contribution in [-0.4, -0.2) is 42.5 Å². The van der Waals surface area contributed by atoms with Crippen LogP contribution in [0.2, 0.25) is 0 Å². The van der Waals surface area contributed by atoms with E-state index in [1.54, 1.807) is 11.0 Å². The quantitative estimate of drug-likeness (QED) is 0.798. The van der Waals surface area contributed by atoms with E-state index >= 15 is 0 Å². The lowest BCUT2D eigenvalue weighted by Gasteiger charge is -2.39. The van der Waals surface area contributed by atoms with Gasteiger partial charge < -0.3 is 9.80 Å². The van der Waals surface area contributed by atoms with Crippen molar-refractivity contribution in [1.29, 1.82) is 0 Å². The van der Waals surface area contributed by atoms with Crippen molar-refractivity contribution in [2.75, 3.05) is 13.6 Å². The Morgan fingerprint density at radius 2 is 1.88 bits per heavy atom. The average molecular weight is 327 g/mol. The normalized spacial score (nSPS) is 29.1. The van der Waals surface area contributed by atoms with Crippen LogP contribution in [0.25, 0.3) is 6.08 Å². The third-order valence-corrected chi connectivity index (χ3v) is 5.96. The molecule has 0 aromatic heterocycles. The summed E-state index contributed by atoms with van der Waals surface area (Å²) in [5.74, 6) is 0.191. The van der Waals surface area contributed by atoms with Crippen molar-refractivity contribution >= 4 is 12.0 Å². The molecule has 1 amide bonds. The first-order valence-corrected chi connectivity index (χ1v) is 9.56. The van der Waals surface area contributed by atoms with Crippen molar-refractivity contribution in [3.8, 4) is 0 Å². The second-order valence-corrected chi connectivity index (χ2v) is 7.47. The van der Waals surface area contributed by atoms with E-state index in [4.69, 9.17) is 0 Å². The first kappa shape index (κ1) is 17.2. The summed E-state index contributed by atoms with van der Waals surface area (Å²) < 4.78 is 0. The monoisotopic (exact) mass is 327 g/mol. The Morgan fingerprint density at radius 3 is 2.50 bits per heavy atom. The zero-order chi connectivity index (χ0) is 16.9. The smallest absolute Gasteiger partial charge is 0.246 e. The van der Waals surface area contributed by atoms with Gasteiger partial charge in [-0.2, -0.15) is 0 Å². The van der Waals surface area contributed by atoms with Crippen LogP contribution in [0.5, 0.6) is 0 Å². The van der Waals surface area contributed by atoms with E-state index in [0.29, 0.717) is 6.04 Å². The molecule has 0 spiro atoms. The van der Waals surface area contributed by atoms with Gasteiger partial charge in [-0.25, -0.2) is 0 Å². The van der Waals surface area contributed by atoms with E-state index < -0.39 is 0 Å². The number of rotatable bonds is 6. The fourth-order valence-corrected chi connectivity index (χ4v) is 4.43. The second kappa shape index (κ2) is 7.98. The van der Waals surface area contributed by atoms with E-state index in [0.717, 1.165) is 37.0 Å². The molecule has 2 fully saturated rings. The van der Waals surface area contributed by atoms with Crippen molar-refractivity contribution in [1.82, 2.24) is 4.90 Å². The molecule has 2 saturated heterocycles. The molecule has 1 aromatic rings. The van der Waals surface area contributed by atoms with Crippen molar-refractivity contribution in [2.24, 2.45) is 0 Å². The highest BCUT2D eigenvalue weighted by atomic mass is 16.2. The second-order valence-electron chi connectivity index (χ2n) is 7.47. The minimum absolute atomic E-state index is 0.191. The Bertz CT molecular complexity index is 554. The molecule has 2 unspecified atom stereocenters. The molecular weight excluding hydrogens is 296 g/mol. The van der Waals surface area contributed by atoms with Crippen molar-refractivity contribution < 1.29 is 9.69 Å². The molecule has 2 aliphatic rings. The minimum Gasteiger partial charge on any atom is -0.336 e. The van der Waals surface area contributed by atoms with E-state index in [9.17, 15) is 4.79 Å². The Kier molecular flexibility index (Phi) is 5.72. The predicted octanol–water partition coefficient (Wildman–Crippen LogP) is 2.54. The van der Waals surface area contributed by atoms with Gasteiger partial charge >= 0.3 is 0 Å². The summed E-state index contributed by atoms with van der Waals surface area (Å²) in [5.41, 5.74) is 1.09. The average Bonchev–Trinajstić information content (AvgIpc) is 2.82. The molecule has 3 nitrogen and oxygen atoms in total. The molecular formula is C21H31N2O+. The largest absolute Gasteiger partial charge is 0.336 e. The maximum atomic E-state index is 12.9. The molecule has 4 atom stereocenters. The lowest BCUT2D eigenvalue weighted by molar-refractivity contribution is -0.922. The number of hydrogen-bond donors (Lipinski definition) is 1. The summed E-state index contributed by atoms with van der Waals surface area (Å²) in [6.45, 7) is 3.10. The molecule has 1 N–H and O–H groups in total. The molecule has 2 heterocycles. The standard InChI is InChI=1S/C21H30N2O/c1-3-4-14-23(20-15-18-11-12-19(16-20)22(18)2)21(24)13-10-17-8-6-5-7-9-17/h5-10,13,18-20H,3-4,11-12,14-16H2,1-2H3/p+1/b13-10+/t18-,19+,20?. The number of carbonyl (C=O) groups is 1. The van der Waals surface area contributed by atoms with Gasteiger partial charge in [0.25, 0.3) is 0 Å². The number of nitrogens with zero attached hydrogens (tertiary/aromatic N) is 1. The number of benzene rings is 1. The number of unbranched alkanes of at least 4 members (excludes halogenated alkanes) is 1. The van der Waals surface area contributed by atoms with Crippen LogP contribution in [0.1, 0.15) is 51.0 Å².